The minimum Gasteiger partial charge on any atom is -0.495 e. The van der Waals surface area contributed by atoms with Gasteiger partial charge in [0.15, 0.2) is 9.84 Å². The first-order chi connectivity index (χ1) is 9.44. The summed E-state index contributed by atoms with van der Waals surface area (Å²) in [6.07, 6.45) is 0. The fourth-order valence-electron chi connectivity index (χ4n) is 2.32. The zero-order valence-electron chi connectivity index (χ0n) is 10.4. The number of rotatable bonds is 2. The molecular weight excluding hydrogens is 300 g/mol. The summed E-state index contributed by atoms with van der Waals surface area (Å²) < 4.78 is 29.9. The topological polar surface area (TPSA) is 80.7 Å². The smallest absolute Gasteiger partial charge is 0.345 e. The molecule has 1 aliphatic heterocycles. The standard InChI is InChI=1S/C13H10O5S2/c1-18-9-4-2-3-8-11-7(5-10(19-11)13(14)15)6-20(16,17)12(8)9/h2-5H,6H2,1H3,(H,14,15). The molecule has 20 heavy (non-hydrogen) atoms. The maximum absolute atomic E-state index is 12.4. The van der Waals surface area contributed by atoms with Gasteiger partial charge in [-0.15, -0.1) is 11.3 Å². The van der Waals surface area contributed by atoms with Gasteiger partial charge in [0, 0.05) is 10.4 Å². The van der Waals surface area contributed by atoms with Gasteiger partial charge in [-0.05, 0) is 17.7 Å². The molecule has 0 aliphatic carbocycles. The largest absolute Gasteiger partial charge is 0.495 e. The zero-order chi connectivity index (χ0) is 14.5. The minimum absolute atomic E-state index is 0.140. The average Bonchev–Trinajstić information content (AvgIpc) is 2.81. The normalized spacial score (nSPS) is 15.2. The maximum atomic E-state index is 12.4. The van der Waals surface area contributed by atoms with Crippen LogP contribution in [0.5, 0.6) is 5.75 Å². The highest BCUT2D eigenvalue weighted by Gasteiger charge is 2.33. The van der Waals surface area contributed by atoms with Gasteiger partial charge < -0.3 is 9.84 Å². The predicted molar refractivity (Wildman–Crippen MR) is 74.2 cm³/mol. The molecule has 1 aromatic carbocycles. The van der Waals surface area contributed by atoms with E-state index in [9.17, 15) is 13.2 Å². The Kier molecular flexibility index (Phi) is 2.84. The van der Waals surface area contributed by atoms with E-state index in [4.69, 9.17) is 9.84 Å². The van der Waals surface area contributed by atoms with Crippen molar-refractivity contribution in [3.63, 3.8) is 0 Å². The van der Waals surface area contributed by atoms with Crippen LogP contribution in [0.4, 0.5) is 0 Å². The first kappa shape index (κ1) is 13.1. The number of ether oxygens (including phenoxy) is 1. The lowest BCUT2D eigenvalue weighted by Gasteiger charge is -2.18. The summed E-state index contributed by atoms with van der Waals surface area (Å²) in [7, 11) is -2.11. The van der Waals surface area contributed by atoms with Crippen molar-refractivity contribution in [2.45, 2.75) is 10.6 Å². The Morgan fingerprint density at radius 3 is 2.80 bits per heavy atom. The molecule has 0 spiro atoms. The van der Waals surface area contributed by atoms with Crippen molar-refractivity contribution in [3.05, 3.63) is 34.7 Å². The molecule has 1 N–H and O–H groups in total. The third-order valence-corrected chi connectivity index (χ3v) is 6.05. The molecule has 0 atom stereocenters. The molecular formula is C13H10O5S2. The van der Waals surface area contributed by atoms with E-state index in [1.165, 1.54) is 13.2 Å². The molecule has 7 heteroatoms. The lowest BCUT2D eigenvalue weighted by Crippen LogP contribution is -2.12. The fraction of sp³-hybridized carbons (Fsp3) is 0.154. The van der Waals surface area contributed by atoms with Crippen LogP contribution in [0.25, 0.3) is 10.4 Å². The van der Waals surface area contributed by atoms with Crippen LogP contribution in [0.1, 0.15) is 15.2 Å². The number of carbonyl (C=O) groups is 1. The van der Waals surface area contributed by atoms with E-state index >= 15 is 0 Å². The van der Waals surface area contributed by atoms with Gasteiger partial charge in [-0.1, -0.05) is 12.1 Å². The number of methoxy groups -OCH3 is 1. The van der Waals surface area contributed by atoms with Crippen LogP contribution in [0.3, 0.4) is 0 Å². The van der Waals surface area contributed by atoms with E-state index < -0.39 is 15.8 Å². The van der Waals surface area contributed by atoms with Crippen molar-refractivity contribution in [1.82, 2.24) is 0 Å². The fourth-order valence-corrected chi connectivity index (χ4v) is 5.27. The quantitative estimate of drug-likeness (QED) is 0.921. The summed E-state index contributed by atoms with van der Waals surface area (Å²) in [4.78, 5) is 12.0. The third kappa shape index (κ3) is 1.82. The number of hydrogen-bond donors (Lipinski definition) is 1. The van der Waals surface area contributed by atoms with Gasteiger partial charge >= 0.3 is 5.97 Å². The first-order valence-electron chi connectivity index (χ1n) is 5.70. The van der Waals surface area contributed by atoms with Crippen molar-refractivity contribution in [3.8, 4) is 16.2 Å². The molecule has 5 nitrogen and oxygen atoms in total. The summed E-state index contributed by atoms with van der Waals surface area (Å²) >= 11 is 1.09. The molecule has 2 aromatic rings. The van der Waals surface area contributed by atoms with Crippen molar-refractivity contribution < 1.29 is 23.1 Å². The molecule has 3 rings (SSSR count). The Labute approximate surface area is 119 Å². The van der Waals surface area contributed by atoms with Crippen LogP contribution in [-0.4, -0.2) is 26.6 Å². The highest BCUT2D eigenvalue weighted by atomic mass is 32.2. The lowest BCUT2D eigenvalue weighted by atomic mass is 10.1. The van der Waals surface area contributed by atoms with Crippen molar-refractivity contribution in [1.29, 1.82) is 0 Å². The highest BCUT2D eigenvalue weighted by Crippen LogP contribution is 2.46. The van der Waals surface area contributed by atoms with Gasteiger partial charge in [0.2, 0.25) is 0 Å². The van der Waals surface area contributed by atoms with E-state index in [2.05, 4.69) is 0 Å². The summed E-state index contributed by atoms with van der Waals surface area (Å²) in [5, 5.41) is 9.05. The summed E-state index contributed by atoms with van der Waals surface area (Å²) in [6, 6.07) is 6.40. The number of aromatic carboxylic acids is 1. The van der Waals surface area contributed by atoms with Crippen molar-refractivity contribution in [2.24, 2.45) is 0 Å². The Bertz CT molecular complexity index is 817. The van der Waals surface area contributed by atoms with Crippen LogP contribution in [0, 0.1) is 0 Å². The zero-order valence-corrected chi connectivity index (χ0v) is 12.0. The molecule has 0 fully saturated rings. The number of thiophene rings is 1. The number of fused-ring (bicyclic) bond motifs is 3. The van der Waals surface area contributed by atoms with Gasteiger partial charge in [0.25, 0.3) is 0 Å². The second-order valence-electron chi connectivity index (χ2n) is 4.37. The van der Waals surface area contributed by atoms with Crippen molar-refractivity contribution >= 4 is 27.1 Å². The van der Waals surface area contributed by atoms with Gasteiger partial charge in [0.05, 0.1) is 12.9 Å². The number of carboxylic acid groups (broad SMARTS) is 1. The molecule has 0 bridgehead atoms. The Balaban J connectivity index is 2.35. The van der Waals surface area contributed by atoms with Crippen LogP contribution in [-0.2, 0) is 15.6 Å². The molecule has 104 valence electrons. The summed E-state index contributed by atoms with van der Waals surface area (Å²) in [5.41, 5.74) is 1.05. The summed E-state index contributed by atoms with van der Waals surface area (Å²) in [5.74, 6) is -0.955. The SMILES string of the molecule is COc1cccc2c1S(=O)(=O)Cc1cc(C(=O)O)sc1-2. The predicted octanol–water partition coefficient (Wildman–Crippen LogP) is 2.41. The number of sulfone groups is 1. The van der Waals surface area contributed by atoms with Gasteiger partial charge in [-0.3, -0.25) is 0 Å². The monoisotopic (exact) mass is 310 g/mol. The van der Waals surface area contributed by atoms with Crippen molar-refractivity contribution in [2.75, 3.05) is 7.11 Å². The Morgan fingerprint density at radius 2 is 2.15 bits per heavy atom. The number of benzene rings is 1. The summed E-state index contributed by atoms with van der Waals surface area (Å²) in [6.45, 7) is 0. The first-order valence-corrected chi connectivity index (χ1v) is 8.17. The second kappa shape index (κ2) is 4.32. The molecule has 1 aromatic heterocycles. The number of carboxylic acids is 1. The van der Waals surface area contributed by atoms with Gasteiger partial charge in [-0.25, -0.2) is 13.2 Å². The van der Waals surface area contributed by atoms with Gasteiger partial charge in [0.1, 0.15) is 15.5 Å². The van der Waals surface area contributed by atoms with E-state index in [-0.39, 0.29) is 15.5 Å². The number of hydrogen-bond acceptors (Lipinski definition) is 5. The van der Waals surface area contributed by atoms with Gasteiger partial charge in [-0.2, -0.15) is 0 Å². The molecule has 0 radical (unpaired) electrons. The van der Waals surface area contributed by atoms with E-state index in [0.717, 1.165) is 11.3 Å². The van der Waals surface area contributed by atoms with E-state index in [1.54, 1.807) is 18.2 Å². The highest BCUT2D eigenvalue weighted by molar-refractivity contribution is 7.91. The second-order valence-corrected chi connectivity index (χ2v) is 7.34. The molecule has 0 amide bonds. The van der Waals surface area contributed by atoms with Crippen LogP contribution >= 0.6 is 11.3 Å². The Hall–Kier alpha value is -1.86. The van der Waals surface area contributed by atoms with E-state index in [0.29, 0.717) is 21.8 Å². The Morgan fingerprint density at radius 1 is 1.40 bits per heavy atom. The third-order valence-electron chi connectivity index (χ3n) is 3.12. The van der Waals surface area contributed by atoms with Crippen LogP contribution in [0.2, 0.25) is 0 Å². The molecule has 0 saturated heterocycles. The maximum Gasteiger partial charge on any atom is 0.345 e. The van der Waals surface area contributed by atoms with Crippen LogP contribution in [0.15, 0.2) is 29.2 Å². The lowest BCUT2D eigenvalue weighted by molar-refractivity contribution is 0.0702. The molecule has 2 heterocycles. The molecule has 0 saturated carbocycles. The molecule has 1 aliphatic rings. The van der Waals surface area contributed by atoms with Crippen LogP contribution < -0.4 is 4.74 Å². The average molecular weight is 310 g/mol. The molecule has 0 unspecified atom stereocenters. The minimum atomic E-state index is -3.52. The van der Waals surface area contributed by atoms with E-state index in [1.807, 2.05) is 0 Å².